The molecular weight excluding hydrogens is 266 g/mol. The summed E-state index contributed by atoms with van der Waals surface area (Å²) in [5.41, 5.74) is 1.91. The highest BCUT2D eigenvalue weighted by Gasteiger charge is 2.08. The minimum atomic E-state index is -0.972. The highest BCUT2D eigenvalue weighted by Crippen LogP contribution is 2.28. The summed E-state index contributed by atoms with van der Waals surface area (Å²) in [6.07, 6.45) is 1.72. The molecule has 3 rings (SSSR count). The van der Waals surface area contributed by atoms with Crippen LogP contribution in [0.15, 0.2) is 54.7 Å². The summed E-state index contributed by atoms with van der Waals surface area (Å²) in [7, 11) is 0. The van der Waals surface area contributed by atoms with Crippen molar-refractivity contribution >= 4 is 16.9 Å². The summed E-state index contributed by atoms with van der Waals surface area (Å²) in [5, 5.41) is 10.1. The van der Waals surface area contributed by atoms with Crippen LogP contribution in [0.1, 0.15) is 15.9 Å². The maximum Gasteiger partial charge on any atom is 0.335 e. The number of fused-ring (bicyclic) bond motifs is 1. The summed E-state index contributed by atoms with van der Waals surface area (Å²) < 4.78 is 5.80. The Morgan fingerprint density at radius 3 is 2.81 bits per heavy atom. The van der Waals surface area contributed by atoms with Gasteiger partial charge in [-0.15, -0.1) is 0 Å². The molecule has 0 bridgehead atoms. The van der Waals surface area contributed by atoms with Crippen LogP contribution >= 0.6 is 0 Å². The van der Waals surface area contributed by atoms with E-state index >= 15 is 0 Å². The molecule has 1 N–H and O–H groups in total. The van der Waals surface area contributed by atoms with Crippen molar-refractivity contribution in [1.82, 2.24) is 4.98 Å². The SMILES string of the molecule is Cc1ccc(C(=O)O)cc1Oc1ccc2cccnc2c1. The first-order valence-electron chi connectivity index (χ1n) is 6.50. The third kappa shape index (κ3) is 2.69. The van der Waals surface area contributed by atoms with Gasteiger partial charge in [-0.3, -0.25) is 4.98 Å². The van der Waals surface area contributed by atoms with E-state index in [1.54, 1.807) is 18.3 Å². The predicted octanol–water partition coefficient (Wildman–Crippen LogP) is 4.03. The zero-order chi connectivity index (χ0) is 14.8. The van der Waals surface area contributed by atoms with Gasteiger partial charge in [0.1, 0.15) is 11.5 Å². The summed E-state index contributed by atoms with van der Waals surface area (Å²) >= 11 is 0. The molecule has 0 unspecified atom stereocenters. The number of nitrogens with zero attached hydrogens (tertiary/aromatic N) is 1. The van der Waals surface area contributed by atoms with Gasteiger partial charge in [-0.05, 0) is 42.8 Å². The van der Waals surface area contributed by atoms with E-state index in [-0.39, 0.29) is 5.56 Å². The Morgan fingerprint density at radius 2 is 2.00 bits per heavy atom. The zero-order valence-corrected chi connectivity index (χ0v) is 11.4. The lowest BCUT2D eigenvalue weighted by Crippen LogP contribution is -1.97. The lowest BCUT2D eigenvalue weighted by molar-refractivity contribution is 0.0696. The topological polar surface area (TPSA) is 59.4 Å². The zero-order valence-electron chi connectivity index (χ0n) is 11.4. The first-order chi connectivity index (χ1) is 10.1. The number of hydrogen-bond acceptors (Lipinski definition) is 3. The Kier molecular flexibility index (Phi) is 3.28. The minimum Gasteiger partial charge on any atom is -0.478 e. The minimum absolute atomic E-state index is 0.203. The second-order valence-electron chi connectivity index (χ2n) is 4.75. The van der Waals surface area contributed by atoms with E-state index in [2.05, 4.69) is 4.98 Å². The normalized spacial score (nSPS) is 10.5. The number of carbonyl (C=O) groups is 1. The average molecular weight is 279 g/mol. The highest BCUT2D eigenvalue weighted by molar-refractivity contribution is 5.88. The molecular formula is C17H13NO3. The fourth-order valence-corrected chi connectivity index (χ4v) is 2.08. The lowest BCUT2D eigenvalue weighted by Gasteiger charge is -2.10. The van der Waals surface area contributed by atoms with Crippen molar-refractivity contribution < 1.29 is 14.6 Å². The number of rotatable bonds is 3. The number of aromatic nitrogens is 1. The summed E-state index contributed by atoms with van der Waals surface area (Å²) in [5.74, 6) is 0.192. The molecule has 1 heterocycles. The van der Waals surface area contributed by atoms with Gasteiger partial charge in [-0.1, -0.05) is 12.1 Å². The first-order valence-corrected chi connectivity index (χ1v) is 6.50. The number of carboxylic acids is 1. The third-order valence-corrected chi connectivity index (χ3v) is 3.24. The molecule has 104 valence electrons. The molecule has 0 aliphatic heterocycles. The Bertz CT molecular complexity index is 827. The molecule has 0 saturated carbocycles. The summed E-state index contributed by atoms with van der Waals surface area (Å²) in [6.45, 7) is 1.88. The Balaban J connectivity index is 1.98. The maximum atomic E-state index is 11.0. The van der Waals surface area contributed by atoms with Crippen LogP contribution in [0.5, 0.6) is 11.5 Å². The maximum absolute atomic E-state index is 11.0. The molecule has 0 aliphatic rings. The smallest absolute Gasteiger partial charge is 0.335 e. The van der Waals surface area contributed by atoms with Gasteiger partial charge >= 0.3 is 5.97 Å². The van der Waals surface area contributed by atoms with Crippen LogP contribution in [0.3, 0.4) is 0 Å². The molecule has 21 heavy (non-hydrogen) atoms. The molecule has 0 aliphatic carbocycles. The van der Waals surface area contributed by atoms with Gasteiger partial charge in [0.2, 0.25) is 0 Å². The van der Waals surface area contributed by atoms with Crippen LogP contribution < -0.4 is 4.74 Å². The van der Waals surface area contributed by atoms with Crippen LogP contribution in [0.4, 0.5) is 0 Å². The van der Waals surface area contributed by atoms with Gasteiger partial charge < -0.3 is 9.84 Å². The molecule has 4 heteroatoms. The Morgan fingerprint density at radius 1 is 1.14 bits per heavy atom. The fraction of sp³-hybridized carbons (Fsp3) is 0.0588. The summed E-state index contributed by atoms with van der Waals surface area (Å²) in [4.78, 5) is 15.3. The van der Waals surface area contributed by atoms with Crippen molar-refractivity contribution in [3.63, 3.8) is 0 Å². The van der Waals surface area contributed by atoms with E-state index < -0.39 is 5.97 Å². The third-order valence-electron chi connectivity index (χ3n) is 3.24. The number of hydrogen-bond donors (Lipinski definition) is 1. The molecule has 2 aromatic carbocycles. The van der Waals surface area contributed by atoms with E-state index in [1.807, 2.05) is 37.3 Å². The van der Waals surface area contributed by atoms with Gasteiger partial charge in [0, 0.05) is 17.6 Å². The van der Waals surface area contributed by atoms with E-state index in [4.69, 9.17) is 9.84 Å². The number of aromatic carboxylic acids is 1. The van der Waals surface area contributed by atoms with Crippen molar-refractivity contribution in [3.8, 4) is 11.5 Å². The van der Waals surface area contributed by atoms with Crippen LogP contribution in [0.25, 0.3) is 10.9 Å². The van der Waals surface area contributed by atoms with E-state index in [1.165, 1.54) is 6.07 Å². The number of ether oxygens (including phenoxy) is 1. The monoisotopic (exact) mass is 279 g/mol. The van der Waals surface area contributed by atoms with Crippen molar-refractivity contribution in [2.75, 3.05) is 0 Å². The van der Waals surface area contributed by atoms with Gasteiger partial charge in [-0.2, -0.15) is 0 Å². The Labute approximate surface area is 121 Å². The van der Waals surface area contributed by atoms with Crippen molar-refractivity contribution in [2.24, 2.45) is 0 Å². The van der Waals surface area contributed by atoms with E-state index in [9.17, 15) is 4.79 Å². The molecule has 0 spiro atoms. The lowest BCUT2D eigenvalue weighted by atomic mass is 10.1. The second kappa shape index (κ2) is 5.25. The van der Waals surface area contributed by atoms with Crippen LogP contribution in [-0.4, -0.2) is 16.1 Å². The molecule has 1 aromatic heterocycles. The molecule has 0 atom stereocenters. The van der Waals surface area contributed by atoms with Crippen LogP contribution in [-0.2, 0) is 0 Å². The Hall–Kier alpha value is -2.88. The van der Waals surface area contributed by atoms with Crippen LogP contribution in [0, 0.1) is 6.92 Å². The highest BCUT2D eigenvalue weighted by atomic mass is 16.5. The molecule has 0 fully saturated rings. The van der Waals surface area contributed by atoms with Gasteiger partial charge in [0.05, 0.1) is 11.1 Å². The molecule has 0 amide bonds. The van der Waals surface area contributed by atoms with Crippen molar-refractivity contribution in [1.29, 1.82) is 0 Å². The second-order valence-corrected chi connectivity index (χ2v) is 4.75. The quantitative estimate of drug-likeness (QED) is 0.786. The molecule has 0 radical (unpaired) electrons. The van der Waals surface area contributed by atoms with Gasteiger partial charge in [0.25, 0.3) is 0 Å². The van der Waals surface area contributed by atoms with Crippen molar-refractivity contribution in [3.05, 3.63) is 65.9 Å². The molecule has 4 nitrogen and oxygen atoms in total. The average Bonchev–Trinajstić information content (AvgIpc) is 2.49. The molecule has 3 aromatic rings. The fourth-order valence-electron chi connectivity index (χ4n) is 2.08. The van der Waals surface area contributed by atoms with Crippen LogP contribution in [0.2, 0.25) is 0 Å². The molecule has 0 saturated heterocycles. The first kappa shape index (κ1) is 13.1. The van der Waals surface area contributed by atoms with Crippen molar-refractivity contribution in [2.45, 2.75) is 6.92 Å². The van der Waals surface area contributed by atoms with Gasteiger partial charge in [-0.25, -0.2) is 4.79 Å². The number of pyridine rings is 1. The number of carboxylic acid groups (broad SMARTS) is 1. The van der Waals surface area contributed by atoms with E-state index in [0.29, 0.717) is 11.5 Å². The van der Waals surface area contributed by atoms with E-state index in [0.717, 1.165) is 16.5 Å². The largest absolute Gasteiger partial charge is 0.478 e. The van der Waals surface area contributed by atoms with Gasteiger partial charge in [0.15, 0.2) is 0 Å². The number of aryl methyl sites for hydroxylation is 1. The summed E-state index contributed by atoms with van der Waals surface area (Å²) in [6, 6.07) is 14.3. The predicted molar refractivity (Wildman–Crippen MR) is 80.0 cm³/mol. The number of benzene rings is 2. The standard InChI is InChI=1S/C17H13NO3/c1-11-4-5-13(17(19)20)9-16(11)21-14-7-6-12-3-2-8-18-15(12)10-14/h2-10H,1H3,(H,19,20).